The van der Waals surface area contributed by atoms with Crippen molar-refractivity contribution in [1.82, 2.24) is 0 Å². The number of rotatable bonds is 1. The minimum Gasteiger partial charge on any atom is -0.344 e. The first-order valence-corrected chi connectivity index (χ1v) is 8.63. The summed E-state index contributed by atoms with van der Waals surface area (Å²) in [5.74, 6) is 0. The molecule has 1 aliphatic rings. The fraction of sp³-hybridized carbons (Fsp3) is 0.130. The van der Waals surface area contributed by atoms with E-state index in [-0.39, 0.29) is 11.1 Å². The molecule has 0 N–H and O–H groups in total. The molecule has 0 fully saturated rings. The topological polar surface area (TPSA) is 3.24 Å². The number of allylic oxidation sites excluding steroid dienone is 2. The number of likely N-dealkylation sites (N-methyl/N-ethyl adjacent to an activating group) is 1. The summed E-state index contributed by atoms with van der Waals surface area (Å²) in [7, 11) is 1.75. The normalized spacial score (nSPS) is 14.7. The molecule has 0 radical (unpaired) electrons. The van der Waals surface area contributed by atoms with Crippen LogP contribution in [0.1, 0.15) is 16.7 Å². The Labute approximate surface area is 156 Å². The summed E-state index contributed by atoms with van der Waals surface area (Å²) in [4.78, 5) is 1.73. The van der Waals surface area contributed by atoms with Crippen molar-refractivity contribution in [2.45, 2.75) is 13.1 Å². The van der Waals surface area contributed by atoms with Crippen LogP contribution < -0.4 is 4.90 Å². The van der Waals surface area contributed by atoms with Crippen LogP contribution in [0, 0.1) is 6.92 Å². The number of benzene rings is 3. The van der Waals surface area contributed by atoms with Gasteiger partial charge in [0.1, 0.15) is 0 Å². The van der Waals surface area contributed by atoms with E-state index in [0.717, 1.165) is 16.3 Å². The van der Waals surface area contributed by atoms with Crippen molar-refractivity contribution < 1.29 is 13.2 Å². The van der Waals surface area contributed by atoms with Crippen LogP contribution in [0.4, 0.5) is 18.9 Å². The number of para-hydroxylation sites is 1. The number of aryl methyl sites for hydroxylation is 1. The number of anilines is 1. The molecule has 0 aliphatic carbocycles. The Morgan fingerprint density at radius 1 is 0.815 bits per heavy atom. The average molecular weight is 365 g/mol. The van der Waals surface area contributed by atoms with Crippen LogP contribution in [-0.4, -0.2) is 13.2 Å². The Morgan fingerprint density at radius 2 is 1.44 bits per heavy atom. The summed E-state index contributed by atoms with van der Waals surface area (Å²) in [6.07, 6.45) is -4.50. The van der Waals surface area contributed by atoms with Crippen LogP contribution in [0.3, 0.4) is 0 Å². The minimum absolute atomic E-state index is 0.139. The molecule has 3 aromatic rings. The van der Waals surface area contributed by atoms with Gasteiger partial charge in [-0.15, -0.1) is 0 Å². The molecule has 3 aromatic carbocycles. The zero-order chi connectivity index (χ0) is 19.3. The molecule has 0 aromatic heterocycles. The van der Waals surface area contributed by atoms with Gasteiger partial charge in [0.15, 0.2) is 0 Å². The Morgan fingerprint density at radius 3 is 2.19 bits per heavy atom. The second-order valence-electron chi connectivity index (χ2n) is 6.75. The molecule has 0 saturated carbocycles. The van der Waals surface area contributed by atoms with Gasteiger partial charge in [-0.2, -0.15) is 13.2 Å². The second-order valence-corrected chi connectivity index (χ2v) is 6.75. The molecule has 0 saturated heterocycles. The van der Waals surface area contributed by atoms with E-state index in [0.29, 0.717) is 16.9 Å². The average Bonchev–Trinajstić information content (AvgIpc) is 2.63. The Bertz CT molecular complexity index is 1110. The van der Waals surface area contributed by atoms with E-state index < -0.39 is 11.7 Å². The fourth-order valence-corrected chi connectivity index (χ4v) is 3.84. The van der Waals surface area contributed by atoms with E-state index in [4.69, 9.17) is 0 Å². The third-order valence-electron chi connectivity index (χ3n) is 5.17. The predicted molar refractivity (Wildman–Crippen MR) is 106 cm³/mol. The molecule has 0 atom stereocenters. The fourth-order valence-electron chi connectivity index (χ4n) is 3.84. The predicted octanol–water partition coefficient (Wildman–Crippen LogP) is 6.58. The summed E-state index contributed by atoms with van der Waals surface area (Å²) in [6, 6.07) is 17.8. The van der Waals surface area contributed by atoms with E-state index in [9.17, 15) is 13.2 Å². The van der Waals surface area contributed by atoms with Crippen LogP contribution in [-0.2, 0) is 0 Å². The highest BCUT2D eigenvalue weighted by Crippen LogP contribution is 2.50. The minimum atomic E-state index is -4.50. The third-order valence-corrected chi connectivity index (χ3v) is 5.17. The summed E-state index contributed by atoms with van der Waals surface area (Å²) in [5, 5.41) is 1.74. The largest absolute Gasteiger partial charge is 0.417 e. The molecule has 1 heterocycles. The van der Waals surface area contributed by atoms with Gasteiger partial charge in [0, 0.05) is 29.6 Å². The van der Waals surface area contributed by atoms with Gasteiger partial charge in [-0.1, -0.05) is 61.2 Å². The maximum Gasteiger partial charge on any atom is 0.417 e. The molecule has 1 nitrogen and oxygen atoms in total. The molecule has 1 aliphatic heterocycles. The summed E-state index contributed by atoms with van der Waals surface area (Å²) < 4.78 is 42.7. The lowest BCUT2D eigenvalue weighted by molar-refractivity contribution is -0.0685. The van der Waals surface area contributed by atoms with Crippen molar-refractivity contribution in [2.24, 2.45) is 0 Å². The number of halogens is 3. The van der Waals surface area contributed by atoms with Gasteiger partial charge < -0.3 is 4.90 Å². The van der Waals surface area contributed by atoms with Crippen molar-refractivity contribution in [3.8, 4) is 0 Å². The standard InChI is InChI=1S/C23H18F3N/c1-14-8-6-11-17-16(14)10-7-12-18(17)21-15(2)27(3)20-13-5-4-9-19(20)22(21)23(24,25)26/h4-13H,2H2,1,3H3. The highest BCUT2D eigenvalue weighted by molar-refractivity contribution is 6.12. The lowest BCUT2D eigenvalue weighted by Crippen LogP contribution is -2.27. The first kappa shape index (κ1) is 17.4. The molecule has 4 heteroatoms. The summed E-state index contributed by atoms with van der Waals surface area (Å²) in [6.45, 7) is 5.97. The summed E-state index contributed by atoms with van der Waals surface area (Å²) in [5.41, 5.74) is 2.12. The van der Waals surface area contributed by atoms with Crippen molar-refractivity contribution >= 4 is 27.6 Å². The van der Waals surface area contributed by atoms with E-state index in [2.05, 4.69) is 6.58 Å². The lowest BCUT2D eigenvalue weighted by atomic mass is 9.85. The van der Waals surface area contributed by atoms with E-state index in [1.807, 2.05) is 31.2 Å². The Kier molecular flexibility index (Phi) is 3.88. The maximum absolute atomic E-state index is 14.2. The lowest BCUT2D eigenvalue weighted by Gasteiger charge is -2.34. The zero-order valence-corrected chi connectivity index (χ0v) is 15.1. The highest BCUT2D eigenvalue weighted by Gasteiger charge is 2.42. The van der Waals surface area contributed by atoms with Gasteiger partial charge in [-0.3, -0.25) is 0 Å². The smallest absolute Gasteiger partial charge is 0.344 e. The highest BCUT2D eigenvalue weighted by atomic mass is 19.4. The number of alkyl halides is 3. The molecule has 4 rings (SSSR count). The number of hydrogen-bond donors (Lipinski definition) is 0. The molecular formula is C23H18F3N. The molecule has 0 spiro atoms. The van der Waals surface area contributed by atoms with Crippen molar-refractivity contribution in [1.29, 1.82) is 0 Å². The molecule has 0 bridgehead atoms. The number of fused-ring (bicyclic) bond motifs is 2. The third kappa shape index (κ3) is 2.64. The van der Waals surface area contributed by atoms with Gasteiger partial charge in [0.05, 0.1) is 5.57 Å². The Balaban J connectivity index is 2.16. The second kappa shape index (κ2) is 6.02. The number of nitrogens with zero attached hydrogens (tertiary/aromatic N) is 1. The first-order valence-electron chi connectivity index (χ1n) is 8.63. The monoisotopic (exact) mass is 365 g/mol. The zero-order valence-electron chi connectivity index (χ0n) is 15.1. The van der Waals surface area contributed by atoms with Crippen LogP contribution in [0.2, 0.25) is 0 Å². The number of hydrogen-bond acceptors (Lipinski definition) is 1. The molecule has 27 heavy (non-hydrogen) atoms. The van der Waals surface area contributed by atoms with Gasteiger partial charge in [0.25, 0.3) is 0 Å². The van der Waals surface area contributed by atoms with Gasteiger partial charge in [-0.25, -0.2) is 0 Å². The Hall–Kier alpha value is -3.01. The summed E-state index contributed by atoms with van der Waals surface area (Å²) >= 11 is 0. The van der Waals surface area contributed by atoms with Crippen LogP contribution in [0.15, 0.2) is 72.9 Å². The molecule has 0 amide bonds. The van der Waals surface area contributed by atoms with E-state index in [1.54, 1.807) is 42.3 Å². The van der Waals surface area contributed by atoms with Crippen molar-refractivity contribution in [2.75, 3.05) is 11.9 Å². The van der Waals surface area contributed by atoms with Gasteiger partial charge in [-0.05, 0) is 34.9 Å². The van der Waals surface area contributed by atoms with Crippen molar-refractivity contribution in [3.63, 3.8) is 0 Å². The SMILES string of the molecule is C=C1C(c2cccc3c(C)cccc23)=C(C(F)(F)F)c2ccccc2N1C. The molecular weight excluding hydrogens is 347 g/mol. The maximum atomic E-state index is 14.2. The van der Waals surface area contributed by atoms with E-state index >= 15 is 0 Å². The van der Waals surface area contributed by atoms with Gasteiger partial charge in [0.2, 0.25) is 0 Å². The van der Waals surface area contributed by atoms with Gasteiger partial charge >= 0.3 is 6.18 Å². The van der Waals surface area contributed by atoms with Crippen LogP contribution >= 0.6 is 0 Å². The quantitative estimate of drug-likeness (QED) is 0.470. The van der Waals surface area contributed by atoms with Crippen LogP contribution in [0.5, 0.6) is 0 Å². The molecule has 136 valence electrons. The van der Waals surface area contributed by atoms with Crippen molar-refractivity contribution in [3.05, 3.63) is 89.6 Å². The van der Waals surface area contributed by atoms with Crippen LogP contribution in [0.25, 0.3) is 21.9 Å². The van der Waals surface area contributed by atoms with E-state index in [1.165, 1.54) is 6.07 Å². The first-order chi connectivity index (χ1) is 12.8. The molecule has 0 unspecified atom stereocenters.